The zero-order valence-corrected chi connectivity index (χ0v) is 19.8. The lowest BCUT2D eigenvalue weighted by atomic mass is 10.0. The molecule has 2 aromatic rings. The van der Waals surface area contributed by atoms with E-state index in [1.165, 1.54) is 5.56 Å². The summed E-state index contributed by atoms with van der Waals surface area (Å²) in [5.41, 5.74) is 3.44. The largest absolute Gasteiger partial charge is 0.443 e. The molecule has 2 heterocycles. The Morgan fingerprint density at radius 3 is 2.39 bits per heavy atom. The first kappa shape index (κ1) is 23.1. The second-order valence-electron chi connectivity index (χ2n) is 9.76. The lowest BCUT2D eigenvalue weighted by molar-refractivity contribution is 0.0577. The molecule has 2 aromatic carbocycles. The van der Waals surface area contributed by atoms with Gasteiger partial charge in [0, 0.05) is 45.0 Å². The fourth-order valence-electron chi connectivity index (χ4n) is 4.33. The maximum Gasteiger partial charge on any atom is 0.414 e. The van der Waals surface area contributed by atoms with Gasteiger partial charge in [-0.25, -0.2) is 9.59 Å². The number of amides is 3. The van der Waals surface area contributed by atoms with Gasteiger partial charge in [0.1, 0.15) is 5.60 Å². The van der Waals surface area contributed by atoms with E-state index in [1.807, 2.05) is 49.9 Å². The number of hydrogen-bond acceptors (Lipinski definition) is 4. The summed E-state index contributed by atoms with van der Waals surface area (Å²) in [5.74, 6) is 0. The average molecular weight is 451 g/mol. The van der Waals surface area contributed by atoms with Gasteiger partial charge < -0.3 is 15.0 Å². The Kier molecular flexibility index (Phi) is 6.88. The Morgan fingerprint density at radius 1 is 0.970 bits per heavy atom. The van der Waals surface area contributed by atoms with E-state index in [0.717, 1.165) is 49.4 Å². The smallest absolute Gasteiger partial charge is 0.414 e. The number of rotatable bonds is 3. The summed E-state index contributed by atoms with van der Waals surface area (Å²) in [6.45, 7) is 10.3. The van der Waals surface area contributed by atoms with Crippen LogP contribution in [0.15, 0.2) is 48.5 Å². The molecule has 0 aromatic heterocycles. The molecule has 2 aliphatic heterocycles. The third-order valence-electron chi connectivity index (χ3n) is 5.97. The topological polar surface area (TPSA) is 65.1 Å². The van der Waals surface area contributed by atoms with E-state index < -0.39 is 5.60 Å². The van der Waals surface area contributed by atoms with Crippen LogP contribution in [0.1, 0.15) is 38.3 Å². The first-order chi connectivity index (χ1) is 15.8. The van der Waals surface area contributed by atoms with E-state index in [0.29, 0.717) is 19.6 Å². The summed E-state index contributed by atoms with van der Waals surface area (Å²) in [6.07, 6.45) is 1.41. The third-order valence-corrected chi connectivity index (χ3v) is 5.97. The van der Waals surface area contributed by atoms with E-state index in [4.69, 9.17) is 4.74 Å². The standard InChI is InChI=1S/C26H34N4O3/c1-26(2,3)33-25(32)30-13-7-10-21-18-22(11-12-23(21)30)27-24(31)29-16-14-28(15-17-29)19-20-8-5-4-6-9-20/h4-6,8-9,11-12,18H,7,10,13-17,19H2,1-3H3,(H,27,31). The highest BCUT2D eigenvalue weighted by atomic mass is 16.6. The summed E-state index contributed by atoms with van der Waals surface area (Å²) in [5, 5.41) is 3.04. The Morgan fingerprint density at radius 2 is 1.70 bits per heavy atom. The number of fused-ring (bicyclic) bond motifs is 1. The summed E-state index contributed by atoms with van der Waals surface area (Å²) in [7, 11) is 0. The fourth-order valence-corrected chi connectivity index (χ4v) is 4.33. The molecule has 0 atom stereocenters. The number of nitrogens with one attached hydrogen (secondary N) is 1. The van der Waals surface area contributed by atoms with Crippen molar-refractivity contribution in [3.8, 4) is 0 Å². The molecule has 0 spiro atoms. The van der Waals surface area contributed by atoms with Gasteiger partial charge in [0.05, 0.1) is 5.69 Å². The van der Waals surface area contributed by atoms with Gasteiger partial charge >= 0.3 is 12.1 Å². The Balaban J connectivity index is 1.33. The maximum atomic E-state index is 12.8. The molecule has 0 bridgehead atoms. The number of piperazine rings is 1. The number of anilines is 2. The van der Waals surface area contributed by atoms with Crippen molar-refractivity contribution in [2.24, 2.45) is 0 Å². The van der Waals surface area contributed by atoms with Crippen molar-refractivity contribution in [1.82, 2.24) is 9.80 Å². The van der Waals surface area contributed by atoms with Crippen LogP contribution in [-0.4, -0.2) is 60.2 Å². The van der Waals surface area contributed by atoms with Crippen LogP contribution in [0, 0.1) is 0 Å². The fraction of sp³-hybridized carbons (Fsp3) is 0.462. The SMILES string of the molecule is CC(C)(C)OC(=O)N1CCCc2cc(NC(=O)N3CCN(Cc4ccccc4)CC3)ccc21. The predicted octanol–water partition coefficient (Wildman–Crippen LogP) is 4.72. The summed E-state index contributed by atoms with van der Waals surface area (Å²) in [6, 6.07) is 16.1. The molecule has 1 N–H and O–H groups in total. The zero-order valence-electron chi connectivity index (χ0n) is 19.8. The van der Waals surface area contributed by atoms with Crippen LogP contribution in [0.5, 0.6) is 0 Å². The van der Waals surface area contributed by atoms with Crippen molar-refractivity contribution in [1.29, 1.82) is 0 Å². The number of urea groups is 1. The molecule has 7 nitrogen and oxygen atoms in total. The molecule has 33 heavy (non-hydrogen) atoms. The molecule has 2 aliphatic rings. The first-order valence-electron chi connectivity index (χ1n) is 11.7. The maximum absolute atomic E-state index is 12.8. The molecule has 0 radical (unpaired) electrons. The molecule has 0 saturated carbocycles. The van der Waals surface area contributed by atoms with E-state index in [9.17, 15) is 9.59 Å². The lowest BCUT2D eigenvalue weighted by Gasteiger charge is -2.35. The number of benzene rings is 2. The van der Waals surface area contributed by atoms with Crippen molar-refractivity contribution < 1.29 is 14.3 Å². The minimum atomic E-state index is -0.534. The van der Waals surface area contributed by atoms with Gasteiger partial charge in [-0.2, -0.15) is 0 Å². The molecule has 0 unspecified atom stereocenters. The molecule has 1 saturated heterocycles. The minimum absolute atomic E-state index is 0.0749. The van der Waals surface area contributed by atoms with Crippen molar-refractivity contribution in [3.63, 3.8) is 0 Å². The Labute approximate surface area is 196 Å². The van der Waals surface area contributed by atoms with Gasteiger partial charge in [-0.1, -0.05) is 30.3 Å². The third kappa shape index (κ3) is 6.05. The molecular formula is C26H34N4O3. The summed E-state index contributed by atoms with van der Waals surface area (Å²) < 4.78 is 5.56. The molecular weight excluding hydrogens is 416 g/mol. The molecule has 4 rings (SSSR count). The molecule has 176 valence electrons. The predicted molar refractivity (Wildman–Crippen MR) is 131 cm³/mol. The quantitative estimate of drug-likeness (QED) is 0.735. The first-order valence-corrected chi connectivity index (χ1v) is 11.7. The highest BCUT2D eigenvalue weighted by molar-refractivity contribution is 5.92. The second kappa shape index (κ2) is 9.83. The molecule has 1 fully saturated rings. The van der Waals surface area contributed by atoms with Crippen molar-refractivity contribution >= 4 is 23.5 Å². The monoisotopic (exact) mass is 450 g/mol. The van der Waals surface area contributed by atoms with E-state index in [2.05, 4.69) is 34.5 Å². The highest BCUT2D eigenvalue weighted by Crippen LogP contribution is 2.31. The van der Waals surface area contributed by atoms with Crippen LogP contribution in [-0.2, 0) is 17.7 Å². The van der Waals surface area contributed by atoms with Crippen LogP contribution in [0.3, 0.4) is 0 Å². The van der Waals surface area contributed by atoms with Crippen molar-refractivity contribution in [2.45, 2.75) is 45.8 Å². The second-order valence-corrected chi connectivity index (χ2v) is 9.76. The van der Waals surface area contributed by atoms with Crippen LogP contribution in [0.25, 0.3) is 0 Å². The van der Waals surface area contributed by atoms with E-state index >= 15 is 0 Å². The van der Waals surface area contributed by atoms with Crippen LogP contribution < -0.4 is 10.2 Å². The molecule has 3 amide bonds. The summed E-state index contributed by atoms with van der Waals surface area (Å²) in [4.78, 5) is 31.4. The van der Waals surface area contributed by atoms with E-state index in [1.54, 1.807) is 4.90 Å². The normalized spacial score (nSPS) is 16.8. The average Bonchev–Trinajstić information content (AvgIpc) is 2.78. The minimum Gasteiger partial charge on any atom is -0.443 e. The number of carbonyl (C=O) groups is 2. The molecule has 7 heteroatoms. The van der Waals surface area contributed by atoms with Crippen molar-refractivity contribution in [2.75, 3.05) is 42.9 Å². The number of aryl methyl sites for hydroxylation is 1. The van der Waals surface area contributed by atoms with Gasteiger partial charge in [0.25, 0.3) is 0 Å². The highest BCUT2D eigenvalue weighted by Gasteiger charge is 2.28. The number of nitrogens with zero attached hydrogens (tertiary/aromatic N) is 3. The Bertz CT molecular complexity index is 979. The number of ether oxygens (including phenoxy) is 1. The van der Waals surface area contributed by atoms with Crippen molar-refractivity contribution in [3.05, 3.63) is 59.7 Å². The van der Waals surface area contributed by atoms with Crippen LogP contribution >= 0.6 is 0 Å². The summed E-state index contributed by atoms with van der Waals surface area (Å²) >= 11 is 0. The van der Waals surface area contributed by atoms with Gasteiger partial charge in [0.15, 0.2) is 0 Å². The van der Waals surface area contributed by atoms with Gasteiger partial charge in [-0.05, 0) is 62.9 Å². The van der Waals surface area contributed by atoms with Crippen LogP contribution in [0.4, 0.5) is 21.0 Å². The lowest BCUT2D eigenvalue weighted by Crippen LogP contribution is -2.49. The number of carbonyl (C=O) groups excluding carboxylic acids is 2. The van der Waals surface area contributed by atoms with Gasteiger partial charge in [-0.15, -0.1) is 0 Å². The Hall–Kier alpha value is -3.06. The molecule has 0 aliphatic carbocycles. The zero-order chi connectivity index (χ0) is 23.4. The van der Waals surface area contributed by atoms with E-state index in [-0.39, 0.29) is 12.1 Å². The number of hydrogen-bond donors (Lipinski definition) is 1. The van der Waals surface area contributed by atoms with Gasteiger partial charge in [-0.3, -0.25) is 9.80 Å². The van der Waals surface area contributed by atoms with Gasteiger partial charge in [0.2, 0.25) is 0 Å². The van der Waals surface area contributed by atoms with Crippen LogP contribution in [0.2, 0.25) is 0 Å².